The summed E-state index contributed by atoms with van der Waals surface area (Å²) in [4.78, 5) is 37.0. The fourth-order valence-electron chi connectivity index (χ4n) is 2.45. The molecule has 0 heterocycles. The standard InChI is InChI=1S/C23H24N2O4/c1-15(2)23(4,14-24)25-21(27)16(3)29-22(28)19-12-10-18(11-13-19)20(26)17-8-6-5-7-9-17/h5-13,15-16H,1-4H3,(H,25,27)/t16-,23+/m1/s1. The third kappa shape index (κ3) is 5.29. The SMILES string of the molecule is CC(C)[C@](C)(C#N)NC(=O)[C@@H](C)OC(=O)c1ccc(C(=O)c2ccccc2)cc1. The van der Waals surface area contributed by atoms with Crippen molar-refractivity contribution in [3.8, 4) is 6.07 Å². The quantitative estimate of drug-likeness (QED) is 0.574. The number of rotatable bonds is 7. The summed E-state index contributed by atoms with van der Waals surface area (Å²) < 4.78 is 5.21. The van der Waals surface area contributed by atoms with Gasteiger partial charge in [0.1, 0.15) is 5.54 Å². The second-order valence-electron chi connectivity index (χ2n) is 7.28. The number of nitrogens with one attached hydrogen (secondary N) is 1. The predicted molar refractivity (Wildman–Crippen MR) is 108 cm³/mol. The maximum absolute atomic E-state index is 12.4. The highest BCUT2D eigenvalue weighted by Crippen LogP contribution is 2.16. The zero-order valence-electron chi connectivity index (χ0n) is 16.9. The Kier molecular flexibility index (Phi) is 6.89. The number of nitrogens with zero attached hydrogens (tertiary/aromatic N) is 1. The molecule has 0 saturated carbocycles. The molecule has 2 aromatic carbocycles. The second-order valence-corrected chi connectivity index (χ2v) is 7.28. The first kappa shape index (κ1) is 21.8. The first-order chi connectivity index (χ1) is 13.7. The molecule has 0 spiro atoms. The lowest BCUT2D eigenvalue weighted by atomic mass is 9.90. The minimum Gasteiger partial charge on any atom is -0.449 e. The van der Waals surface area contributed by atoms with Crippen molar-refractivity contribution >= 4 is 17.7 Å². The van der Waals surface area contributed by atoms with Crippen molar-refractivity contribution < 1.29 is 19.1 Å². The number of carbonyl (C=O) groups is 3. The van der Waals surface area contributed by atoms with Gasteiger partial charge in [0.15, 0.2) is 11.9 Å². The normalized spacial score (nSPS) is 13.7. The van der Waals surface area contributed by atoms with E-state index in [1.165, 1.54) is 19.1 Å². The Morgan fingerprint density at radius 3 is 1.97 bits per heavy atom. The van der Waals surface area contributed by atoms with Crippen molar-refractivity contribution in [3.63, 3.8) is 0 Å². The molecule has 0 aliphatic heterocycles. The molecule has 6 nitrogen and oxygen atoms in total. The van der Waals surface area contributed by atoms with Gasteiger partial charge in [-0.05, 0) is 31.9 Å². The van der Waals surface area contributed by atoms with Gasteiger partial charge < -0.3 is 10.1 Å². The minimum atomic E-state index is -1.07. The lowest BCUT2D eigenvalue weighted by Gasteiger charge is -2.28. The van der Waals surface area contributed by atoms with Gasteiger partial charge in [-0.15, -0.1) is 0 Å². The molecule has 2 aromatic rings. The average molecular weight is 392 g/mol. The van der Waals surface area contributed by atoms with Crippen LogP contribution in [-0.2, 0) is 9.53 Å². The third-order valence-corrected chi connectivity index (χ3v) is 4.84. The van der Waals surface area contributed by atoms with Crippen LogP contribution in [0.5, 0.6) is 0 Å². The molecular formula is C23H24N2O4. The van der Waals surface area contributed by atoms with Crippen molar-refractivity contribution in [1.29, 1.82) is 5.26 Å². The van der Waals surface area contributed by atoms with Crippen LogP contribution >= 0.6 is 0 Å². The van der Waals surface area contributed by atoms with E-state index in [9.17, 15) is 19.6 Å². The number of ketones is 1. The van der Waals surface area contributed by atoms with Gasteiger partial charge in [0.25, 0.3) is 5.91 Å². The summed E-state index contributed by atoms with van der Waals surface area (Å²) in [7, 11) is 0. The van der Waals surface area contributed by atoms with Crippen LogP contribution in [0.3, 0.4) is 0 Å². The second kappa shape index (κ2) is 9.16. The summed E-state index contributed by atoms with van der Waals surface area (Å²) in [5.41, 5.74) is 0.164. The van der Waals surface area contributed by atoms with E-state index < -0.39 is 23.5 Å². The monoisotopic (exact) mass is 392 g/mol. The molecule has 0 bridgehead atoms. The van der Waals surface area contributed by atoms with E-state index in [0.29, 0.717) is 11.1 Å². The molecule has 0 aliphatic rings. The smallest absolute Gasteiger partial charge is 0.338 e. The van der Waals surface area contributed by atoms with Gasteiger partial charge in [-0.2, -0.15) is 5.26 Å². The molecule has 0 saturated heterocycles. The van der Waals surface area contributed by atoms with E-state index in [4.69, 9.17) is 4.74 Å². The fourth-order valence-corrected chi connectivity index (χ4v) is 2.45. The van der Waals surface area contributed by atoms with E-state index in [1.807, 2.05) is 19.9 Å². The molecule has 0 fully saturated rings. The van der Waals surface area contributed by atoms with Crippen molar-refractivity contribution in [3.05, 3.63) is 71.3 Å². The molecule has 0 unspecified atom stereocenters. The van der Waals surface area contributed by atoms with Gasteiger partial charge in [-0.25, -0.2) is 4.79 Å². The molecule has 150 valence electrons. The van der Waals surface area contributed by atoms with Gasteiger partial charge >= 0.3 is 5.97 Å². The number of benzene rings is 2. The molecular weight excluding hydrogens is 368 g/mol. The Hall–Kier alpha value is -3.46. The highest BCUT2D eigenvalue weighted by atomic mass is 16.5. The molecule has 0 radical (unpaired) electrons. The number of amides is 1. The molecule has 29 heavy (non-hydrogen) atoms. The molecule has 2 atom stereocenters. The first-order valence-electron chi connectivity index (χ1n) is 9.32. The number of esters is 1. The maximum Gasteiger partial charge on any atom is 0.338 e. The highest BCUT2D eigenvalue weighted by Gasteiger charge is 2.32. The van der Waals surface area contributed by atoms with Crippen LogP contribution in [0.15, 0.2) is 54.6 Å². The highest BCUT2D eigenvalue weighted by molar-refractivity contribution is 6.09. The van der Waals surface area contributed by atoms with E-state index in [-0.39, 0.29) is 17.3 Å². The van der Waals surface area contributed by atoms with Crippen molar-refractivity contribution in [2.45, 2.75) is 39.3 Å². The largest absolute Gasteiger partial charge is 0.449 e. The van der Waals surface area contributed by atoms with Crippen LogP contribution in [0, 0.1) is 17.2 Å². The third-order valence-electron chi connectivity index (χ3n) is 4.84. The van der Waals surface area contributed by atoms with Crippen LogP contribution < -0.4 is 5.32 Å². The summed E-state index contributed by atoms with van der Waals surface area (Å²) in [5, 5.41) is 11.9. The number of ether oxygens (including phenoxy) is 1. The van der Waals surface area contributed by atoms with Gasteiger partial charge in [-0.1, -0.05) is 56.3 Å². The molecule has 1 N–H and O–H groups in total. The Morgan fingerprint density at radius 2 is 1.45 bits per heavy atom. The lowest BCUT2D eigenvalue weighted by Crippen LogP contribution is -2.52. The minimum absolute atomic E-state index is 0.117. The first-order valence-corrected chi connectivity index (χ1v) is 9.32. The van der Waals surface area contributed by atoms with Gasteiger partial charge in [0.05, 0.1) is 11.6 Å². The molecule has 6 heteroatoms. The Labute approximate surface area is 170 Å². The summed E-state index contributed by atoms with van der Waals surface area (Å²) >= 11 is 0. The zero-order chi connectivity index (χ0) is 21.6. The number of nitriles is 1. The van der Waals surface area contributed by atoms with E-state index in [0.717, 1.165) is 0 Å². The van der Waals surface area contributed by atoms with Gasteiger partial charge in [-0.3, -0.25) is 9.59 Å². The van der Waals surface area contributed by atoms with Crippen LogP contribution in [-0.4, -0.2) is 29.3 Å². The zero-order valence-corrected chi connectivity index (χ0v) is 16.9. The van der Waals surface area contributed by atoms with Crippen molar-refractivity contribution in [2.75, 3.05) is 0 Å². The molecule has 0 aromatic heterocycles. The Balaban J connectivity index is 2.03. The topological polar surface area (TPSA) is 96.3 Å². The number of carbonyl (C=O) groups excluding carboxylic acids is 3. The van der Waals surface area contributed by atoms with Crippen molar-refractivity contribution in [2.24, 2.45) is 5.92 Å². The van der Waals surface area contributed by atoms with E-state index in [2.05, 4.69) is 11.4 Å². The maximum atomic E-state index is 12.4. The van der Waals surface area contributed by atoms with Gasteiger partial charge in [0, 0.05) is 11.1 Å². The van der Waals surface area contributed by atoms with Gasteiger partial charge in [0.2, 0.25) is 0 Å². The number of hydrogen-bond donors (Lipinski definition) is 1. The fraction of sp³-hybridized carbons (Fsp3) is 0.304. The Morgan fingerprint density at radius 1 is 0.931 bits per heavy atom. The summed E-state index contributed by atoms with van der Waals surface area (Å²) in [6.07, 6.45) is -1.07. The van der Waals surface area contributed by atoms with Crippen molar-refractivity contribution in [1.82, 2.24) is 5.32 Å². The van der Waals surface area contributed by atoms with Crippen LogP contribution in [0.4, 0.5) is 0 Å². The molecule has 0 aliphatic carbocycles. The number of hydrogen-bond acceptors (Lipinski definition) is 5. The van der Waals surface area contributed by atoms with E-state index in [1.54, 1.807) is 43.3 Å². The molecule has 2 rings (SSSR count). The average Bonchev–Trinajstić information content (AvgIpc) is 2.73. The summed E-state index contributed by atoms with van der Waals surface area (Å²) in [6.45, 7) is 6.70. The van der Waals surface area contributed by atoms with Crippen LogP contribution in [0.25, 0.3) is 0 Å². The molecule has 1 amide bonds. The Bertz CT molecular complexity index is 930. The summed E-state index contributed by atoms with van der Waals surface area (Å²) in [6, 6.07) is 17.0. The lowest BCUT2D eigenvalue weighted by molar-refractivity contribution is -0.130. The predicted octanol–water partition coefficient (Wildman–Crippen LogP) is 3.52. The van der Waals surface area contributed by atoms with Crippen LogP contribution in [0.1, 0.15) is 54.0 Å². The summed E-state index contributed by atoms with van der Waals surface area (Å²) in [5.74, 6) is -1.50. The van der Waals surface area contributed by atoms with Crippen LogP contribution in [0.2, 0.25) is 0 Å². The van der Waals surface area contributed by atoms with E-state index >= 15 is 0 Å².